The van der Waals surface area contributed by atoms with E-state index in [-0.39, 0.29) is 5.97 Å². The van der Waals surface area contributed by atoms with Crippen molar-refractivity contribution in [1.29, 1.82) is 0 Å². The Morgan fingerprint density at radius 1 is 1.22 bits per heavy atom. The molecule has 0 radical (unpaired) electrons. The van der Waals surface area contributed by atoms with E-state index in [0.29, 0.717) is 0 Å². The minimum atomic E-state index is -1.46. The van der Waals surface area contributed by atoms with Crippen LogP contribution in [0.2, 0.25) is 45.3 Å². The first-order valence-electron chi connectivity index (χ1n) is 6.28. The van der Waals surface area contributed by atoms with Crippen molar-refractivity contribution in [3.05, 3.63) is 12.2 Å². The molecule has 0 aliphatic carbocycles. The summed E-state index contributed by atoms with van der Waals surface area (Å²) in [6.45, 7) is 18.8. The molecule has 0 fully saturated rings. The van der Waals surface area contributed by atoms with E-state index in [1.807, 2.05) is 0 Å². The molecule has 0 N–H and O–H groups in total. The summed E-state index contributed by atoms with van der Waals surface area (Å²) in [4.78, 5) is 11.1. The summed E-state index contributed by atoms with van der Waals surface area (Å²) < 4.78 is 5.29. The molecular formula is C14H26O2Si2. The van der Waals surface area contributed by atoms with Gasteiger partial charge in [0.1, 0.15) is 8.07 Å². The first-order chi connectivity index (χ1) is 7.91. The van der Waals surface area contributed by atoms with Gasteiger partial charge in [-0.05, 0) is 11.6 Å². The van der Waals surface area contributed by atoms with Crippen molar-refractivity contribution >= 4 is 22.1 Å². The molecule has 0 heterocycles. The lowest BCUT2D eigenvalue weighted by Gasteiger charge is -2.21. The fourth-order valence-corrected chi connectivity index (χ4v) is 3.55. The van der Waals surface area contributed by atoms with E-state index in [0.717, 1.165) is 11.6 Å². The average Bonchev–Trinajstić information content (AvgIpc) is 2.06. The van der Waals surface area contributed by atoms with Crippen LogP contribution in [-0.2, 0) is 9.53 Å². The fourth-order valence-electron chi connectivity index (χ4n) is 1.44. The average molecular weight is 283 g/mol. The third-order valence-electron chi connectivity index (χ3n) is 1.99. The molecule has 102 valence electrons. The highest BCUT2D eigenvalue weighted by atomic mass is 28.3. The molecule has 1 atom stereocenters. The van der Waals surface area contributed by atoms with E-state index in [2.05, 4.69) is 57.3 Å². The quantitative estimate of drug-likeness (QED) is 0.340. The van der Waals surface area contributed by atoms with Crippen LogP contribution in [0.4, 0.5) is 0 Å². The van der Waals surface area contributed by atoms with Crippen LogP contribution in [0.25, 0.3) is 0 Å². The lowest BCUT2D eigenvalue weighted by atomic mass is 10.2. The Balaban J connectivity index is 4.94. The number of rotatable bonds is 4. The van der Waals surface area contributed by atoms with E-state index in [1.54, 1.807) is 0 Å². The number of esters is 1. The van der Waals surface area contributed by atoms with Crippen molar-refractivity contribution in [2.45, 2.75) is 58.4 Å². The zero-order chi connectivity index (χ0) is 14.6. The van der Waals surface area contributed by atoms with Crippen molar-refractivity contribution in [2.24, 2.45) is 0 Å². The van der Waals surface area contributed by atoms with Gasteiger partial charge in [-0.25, -0.2) is 0 Å². The van der Waals surface area contributed by atoms with Crippen molar-refractivity contribution in [2.75, 3.05) is 0 Å². The molecule has 0 aromatic rings. The van der Waals surface area contributed by atoms with Gasteiger partial charge in [0.25, 0.3) is 0 Å². The second-order valence-corrected chi connectivity index (χ2v) is 17.1. The van der Waals surface area contributed by atoms with Crippen molar-refractivity contribution in [1.82, 2.24) is 0 Å². The van der Waals surface area contributed by atoms with Crippen molar-refractivity contribution in [3.8, 4) is 11.5 Å². The molecule has 1 unspecified atom stereocenters. The molecule has 18 heavy (non-hydrogen) atoms. The van der Waals surface area contributed by atoms with Crippen LogP contribution >= 0.6 is 0 Å². The number of carbonyl (C=O) groups is 1. The SMILES string of the molecule is C=C(C[Si](C)(C)C)C(C#C[Si](C)(C)C)OC(C)=O. The van der Waals surface area contributed by atoms with Crippen LogP contribution in [0.1, 0.15) is 6.92 Å². The highest BCUT2D eigenvalue weighted by Gasteiger charge is 2.21. The summed E-state index contributed by atoms with van der Waals surface area (Å²) in [7, 11) is -2.71. The zero-order valence-electron chi connectivity index (χ0n) is 12.8. The summed E-state index contributed by atoms with van der Waals surface area (Å²) in [5.74, 6) is 2.81. The highest BCUT2D eigenvalue weighted by molar-refractivity contribution is 6.83. The Morgan fingerprint density at radius 2 is 1.72 bits per heavy atom. The van der Waals surface area contributed by atoms with Gasteiger partial charge in [-0.1, -0.05) is 51.8 Å². The number of carbonyl (C=O) groups excluding carboxylic acids is 1. The van der Waals surface area contributed by atoms with E-state index in [4.69, 9.17) is 4.74 Å². The lowest BCUT2D eigenvalue weighted by Crippen LogP contribution is -2.26. The van der Waals surface area contributed by atoms with Crippen LogP contribution < -0.4 is 0 Å². The maximum absolute atomic E-state index is 11.1. The van der Waals surface area contributed by atoms with E-state index < -0.39 is 22.3 Å². The summed E-state index contributed by atoms with van der Waals surface area (Å²) in [5, 5.41) is 0. The maximum atomic E-state index is 11.1. The zero-order valence-corrected chi connectivity index (χ0v) is 14.8. The van der Waals surface area contributed by atoms with Crippen LogP contribution in [0.3, 0.4) is 0 Å². The topological polar surface area (TPSA) is 26.3 Å². The second kappa shape index (κ2) is 6.39. The lowest BCUT2D eigenvalue weighted by molar-refractivity contribution is -0.142. The number of ether oxygens (including phenoxy) is 1. The molecule has 4 heteroatoms. The molecule has 0 bridgehead atoms. The minimum Gasteiger partial charge on any atom is -0.445 e. The summed E-state index contributed by atoms with van der Waals surface area (Å²) in [6.07, 6.45) is -0.430. The third kappa shape index (κ3) is 9.26. The molecule has 0 aliphatic rings. The standard InChI is InChI=1S/C14H26O2Si2/c1-12(11-18(6,7)8)14(16-13(2)15)9-10-17(3,4)5/h14H,1,11H2,2-8H3. The van der Waals surface area contributed by atoms with Crippen LogP contribution in [0.15, 0.2) is 12.2 Å². The summed E-state index contributed by atoms with van der Waals surface area (Å²) in [6, 6.07) is 0.936. The number of hydrogen-bond acceptors (Lipinski definition) is 2. The number of hydrogen-bond donors (Lipinski definition) is 0. The Kier molecular flexibility index (Phi) is 6.11. The first kappa shape index (κ1) is 17.2. The predicted octanol–water partition coefficient (Wildman–Crippen LogP) is 3.69. The normalized spacial score (nSPS) is 13.3. The maximum Gasteiger partial charge on any atom is 0.304 e. The van der Waals surface area contributed by atoms with Gasteiger partial charge in [0, 0.05) is 15.0 Å². The van der Waals surface area contributed by atoms with Gasteiger partial charge in [0.2, 0.25) is 0 Å². The van der Waals surface area contributed by atoms with Crippen molar-refractivity contribution in [3.63, 3.8) is 0 Å². The molecule has 0 spiro atoms. The van der Waals surface area contributed by atoms with Gasteiger partial charge >= 0.3 is 5.97 Å². The van der Waals surface area contributed by atoms with Gasteiger partial charge < -0.3 is 4.74 Å². The molecule has 0 saturated carbocycles. The van der Waals surface area contributed by atoms with Gasteiger partial charge in [0.05, 0.1) is 0 Å². The molecule has 2 nitrogen and oxygen atoms in total. The van der Waals surface area contributed by atoms with Gasteiger partial charge in [-0.3, -0.25) is 4.79 Å². The Hall–Kier alpha value is -0.796. The van der Waals surface area contributed by atoms with E-state index >= 15 is 0 Å². The minimum absolute atomic E-state index is 0.290. The largest absolute Gasteiger partial charge is 0.445 e. The molecule has 0 aromatic heterocycles. The first-order valence-corrected chi connectivity index (χ1v) is 13.5. The summed E-state index contributed by atoms with van der Waals surface area (Å²) in [5.41, 5.74) is 4.20. The molecule has 0 aliphatic heterocycles. The molecule has 0 amide bonds. The van der Waals surface area contributed by atoms with Gasteiger partial charge in [-0.15, -0.1) is 5.54 Å². The fraction of sp³-hybridized carbons (Fsp3) is 0.643. The molecule has 0 aromatic carbocycles. The Morgan fingerprint density at radius 3 is 2.06 bits per heavy atom. The Bertz CT molecular complexity index is 375. The van der Waals surface area contributed by atoms with Crippen LogP contribution in [0.5, 0.6) is 0 Å². The highest BCUT2D eigenvalue weighted by Crippen LogP contribution is 2.19. The molecule has 0 rings (SSSR count). The monoisotopic (exact) mass is 282 g/mol. The van der Waals surface area contributed by atoms with Gasteiger partial charge in [0.15, 0.2) is 6.10 Å². The third-order valence-corrected chi connectivity index (χ3v) is 4.40. The van der Waals surface area contributed by atoms with Crippen LogP contribution in [0, 0.1) is 11.5 Å². The predicted molar refractivity (Wildman–Crippen MR) is 84.0 cm³/mol. The van der Waals surface area contributed by atoms with Crippen molar-refractivity contribution < 1.29 is 9.53 Å². The smallest absolute Gasteiger partial charge is 0.304 e. The molecular weight excluding hydrogens is 256 g/mol. The van der Waals surface area contributed by atoms with Crippen LogP contribution in [-0.4, -0.2) is 28.2 Å². The second-order valence-electron chi connectivity index (χ2n) is 6.90. The van der Waals surface area contributed by atoms with E-state index in [1.165, 1.54) is 6.92 Å². The molecule has 0 saturated heterocycles. The summed E-state index contributed by atoms with van der Waals surface area (Å²) >= 11 is 0. The van der Waals surface area contributed by atoms with Gasteiger partial charge in [-0.2, -0.15) is 0 Å². The Labute approximate surface area is 114 Å². The van der Waals surface area contributed by atoms with E-state index in [9.17, 15) is 4.79 Å².